The topological polar surface area (TPSA) is 12.5 Å². The fourth-order valence-corrected chi connectivity index (χ4v) is 3.27. The van der Waals surface area contributed by atoms with E-state index in [-0.39, 0.29) is 0 Å². The number of fused-ring (bicyclic) bond motifs is 1. The number of nitrogens with zero attached hydrogens (tertiary/aromatic N) is 1. The molecule has 1 aliphatic rings. The van der Waals surface area contributed by atoms with Crippen molar-refractivity contribution in [2.45, 2.75) is 32.2 Å². The molecule has 3 heteroatoms. The maximum absolute atomic E-state index is 6.43. The van der Waals surface area contributed by atoms with E-state index in [1.165, 1.54) is 11.1 Å². The van der Waals surface area contributed by atoms with Crippen LogP contribution < -0.4 is 4.74 Å². The number of benzene rings is 1. The van der Waals surface area contributed by atoms with Crippen LogP contribution in [0.2, 0.25) is 5.02 Å². The summed E-state index contributed by atoms with van der Waals surface area (Å²) in [5.41, 5.74) is 2.46. The number of hydrogen-bond acceptors (Lipinski definition) is 2. The van der Waals surface area contributed by atoms with Crippen LogP contribution in [0.25, 0.3) is 0 Å². The molecule has 0 heterocycles. The summed E-state index contributed by atoms with van der Waals surface area (Å²) in [4.78, 5) is 2.31. The fourth-order valence-electron chi connectivity index (χ4n) is 2.97. The average Bonchev–Trinajstić information content (AvgIpc) is 2.45. The monoisotopic (exact) mass is 277 g/mol. The molecule has 1 aromatic carbocycles. The number of hydrogen-bond donors (Lipinski definition) is 0. The van der Waals surface area contributed by atoms with Crippen molar-refractivity contribution in [1.82, 2.24) is 4.90 Å². The lowest BCUT2D eigenvalue weighted by atomic mass is 9.86. The minimum absolute atomic E-state index is 0.312. The lowest BCUT2D eigenvalue weighted by Crippen LogP contribution is -2.32. The molecular formula is C16H20ClNO. The first-order chi connectivity index (χ1) is 9.22. The van der Waals surface area contributed by atoms with Crippen LogP contribution in [0.4, 0.5) is 0 Å². The Bertz CT molecular complexity index is 492. The van der Waals surface area contributed by atoms with Crippen LogP contribution in [-0.4, -0.2) is 25.1 Å². The van der Waals surface area contributed by atoms with E-state index in [4.69, 9.17) is 22.8 Å². The van der Waals surface area contributed by atoms with Gasteiger partial charge < -0.3 is 4.74 Å². The molecule has 0 saturated heterocycles. The van der Waals surface area contributed by atoms with Gasteiger partial charge in [-0.05, 0) is 43.5 Å². The van der Waals surface area contributed by atoms with Gasteiger partial charge in [0.05, 0.1) is 13.7 Å². The average molecular weight is 278 g/mol. The standard InChI is InChI=1S/C16H20ClNO/c1-4-11-18(5-2)14-8-6-7-12-15(19-3)10-9-13(17)16(12)14/h1,9-10,14H,5-8,11H2,2-3H3. The van der Waals surface area contributed by atoms with E-state index < -0.39 is 0 Å². The smallest absolute Gasteiger partial charge is 0.122 e. The molecule has 2 rings (SSSR count). The van der Waals surface area contributed by atoms with Gasteiger partial charge in [-0.15, -0.1) is 6.42 Å². The van der Waals surface area contributed by atoms with E-state index in [2.05, 4.69) is 17.7 Å². The summed E-state index contributed by atoms with van der Waals surface area (Å²) in [6, 6.07) is 4.20. The Balaban J connectivity index is 2.46. The number of methoxy groups -OCH3 is 1. The lowest BCUT2D eigenvalue weighted by Gasteiger charge is -2.35. The van der Waals surface area contributed by atoms with Crippen LogP contribution in [0.15, 0.2) is 12.1 Å². The van der Waals surface area contributed by atoms with Gasteiger partial charge in [0.15, 0.2) is 0 Å². The Morgan fingerprint density at radius 1 is 1.53 bits per heavy atom. The molecule has 102 valence electrons. The van der Waals surface area contributed by atoms with Crippen molar-refractivity contribution in [3.05, 3.63) is 28.3 Å². The summed E-state index contributed by atoms with van der Waals surface area (Å²) >= 11 is 6.43. The molecule has 0 saturated carbocycles. The molecule has 0 aromatic heterocycles. The van der Waals surface area contributed by atoms with Gasteiger partial charge in [-0.25, -0.2) is 0 Å². The minimum atomic E-state index is 0.312. The van der Waals surface area contributed by atoms with Gasteiger partial charge in [-0.3, -0.25) is 4.90 Å². The predicted octanol–water partition coefficient (Wildman–Crippen LogP) is 3.68. The van der Waals surface area contributed by atoms with Crippen molar-refractivity contribution in [2.24, 2.45) is 0 Å². The first kappa shape index (κ1) is 14.2. The third-order valence-corrected chi connectivity index (χ3v) is 4.19. The quantitative estimate of drug-likeness (QED) is 0.779. The van der Waals surface area contributed by atoms with Gasteiger partial charge in [0.1, 0.15) is 5.75 Å². The third kappa shape index (κ3) is 2.73. The summed E-state index contributed by atoms with van der Waals surface area (Å²) in [5.74, 6) is 3.69. The van der Waals surface area contributed by atoms with E-state index in [1.807, 2.05) is 12.1 Å². The van der Waals surface area contributed by atoms with Crippen molar-refractivity contribution in [3.8, 4) is 18.1 Å². The van der Waals surface area contributed by atoms with Crippen molar-refractivity contribution >= 4 is 11.6 Å². The highest BCUT2D eigenvalue weighted by Gasteiger charge is 2.28. The van der Waals surface area contributed by atoms with Gasteiger partial charge in [0.2, 0.25) is 0 Å². The summed E-state index contributed by atoms with van der Waals surface area (Å²) in [5, 5.41) is 0.830. The molecule has 0 aliphatic heterocycles. The lowest BCUT2D eigenvalue weighted by molar-refractivity contribution is 0.210. The normalized spacial score (nSPS) is 17.9. The molecule has 0 fully saturated rings. The van der Waals surface area contributed by atoms with E-state index in [9.17, 15) is 0 Å². The summed E-state index contributed by atoms with van der Waals surface area (Å²) in [6.07, 6.45) is 8.76. The van der Waals surface area contributed by atoms with E-state index in [0.29, 0.717) is 12.6 Å². The van der Waals surface area contributed by atoms with Gasteiger partial charge in [-0.2, -0.15) is 0 Å². The van der Waals surface area contributed by atoms with E-state index >= 15 is 0 Å². The highest BCUT2D eigenvalue weighted by atomic mass is 35.5. The molecule has 1 aliphatic carbocycles. The Labute approximate surface area is 120 Å². The third-order valence-electron chi connectivity index (χ3n) is 3.86. The zero-order valence-corrected chi connectivity index (χ0v) is 12.3. The summed E-state index contributed by atoms with van der Waals surface area (Å²) < 4.78 is 5.47. The Kier molecular flexibility index (Phi) is 4.74. The first-order valence-corrected chi connectivity index (χ1v) is 7.13. The molecule has 1 unspecified atom stereocenters. The van der Waals surface area contributed by atoms with Crippen LogP contribution in [0.1, 0.15) is 36.9 Å². The maximum Gasteiger partial charge on any atom is 0.122 e. The maximum atomic E-state index is 6.43. The molecular weight excluding hydrogens is 258 g/mol. The predicted molar refractivity (Wildman–Crippen MR) is 79.8 cm³/mol. The Morgan fingerprint density at radius 2 is 2.32 bits per heavy atom. The zero-order chi connectivity index (χ0) is 13.8. The molecule has 19 heavy (non-hydrogen) atoms. The molecule has 1 atom stereocenters. The van der Waals surface area contributed by atoms with Gasteiger partial charge >= 0.3 is 0 Å². The molecule has 1 aromatic rings. The molecule has 0 N–H and O–H groups in total. The van der Waals surface area contributed by atoms with Crippen LogP contribution in [0.3, 0.4) is 0 Å². The summed E-state index contributed by atoms with van der Waals surface area (Å²) in [6.45, 7) is 3.73. The molecule has 0 bridgehead atoms. The van der Waals surface area contributed by atoms with Crippen LogP contribution >= 0.6 is 11.6 Å². The largest absolute Gasteiger partial charge is 0.496 e. The van der Waals surface area contributed by atoms with Crippen LogP contribution in [0.5, 0.6) is 5.75 Å². The van der Waals surface area contributed by atoms with Crippen LogP contribution in [0, 0.1) is 12.3 Å². The van der Waals surface area contributed by atoms with Gasteiger partial charge in [-0.1, -0.05) is 24.4 Å². The number of terminal acetylenes is 1. The second-order valence-corrected chi connectivity index (χ2v) is 5.22. The SMILES string of the molecule is C#CCN(CC)C1CCCc2c(OC)ccc(Cl)c21. The first-order valence-electron chi connectivity index (χ1n) is 6.75. The zero-order valence-electron chi connectivity index (χ0n) is 11.6. The summed E-state index contributed by atoms with van der Waals surface area (Å²) in [7, 11) is 1.71. The molecule has 2 nitrogen and oxygen atoms in total. The van der Waals surface area contributed by atoms with Gasteiger partial charge in [0.25, 0.3) is 0 Å². The minimum Gasteiger partial charge on any atom is -0.496 e. The second-order valence-electron chi connectivity index (χ2n) is 4.82. The number of halogens is 1. The van der Waals surface area contributed by atoms with Crippen molar-refractivity contribution in [1.29, 1.82) is 0 Å². The Morgan fingerprint density at radius 3 is 2.95 bits per heavy atom. The Hall–Kier alpha value is -1.17. The second kappa shape index (κ2) is 6.32. The van der Waals surface area contributed by atoms with Crippen molar-refractivity contribution in [2.75, 3.05) is 20.2 Å². The number of ether oxygens (including phenoxy) is 1. The van der Waals surface area contributed by atoms with E-state index in [0.717, 1.165) is 36.6 Å². The molecule has 0 spiro atoms. The van der Waals surface area contributed by atoms with Crippen molar-refractivity contribution in [3.63, 3.8) is 0 Å². The number of rotatable bonds is 4. The van der Waals surface area contributed by atoms with E-state index in [1.54, 1.807) is 7.11 Å². The fraction of sp³-hybridized carbons (Fsp3) is 0.500. The van der Waals surface area contributed by atoms with Gasteiger partial charge in [0, 0.05) is 16.6 Å². The molecule has 0 amide bonds. The molecule has 0 radical (unpaired) electrons. The van der Waals surface area contributed by atoms with Crippen molar-refractivity contribution < 1.29 is 4.74 Å². The highest BCUT2D eigenvalue weighted by molar-refractivity contribution is 6.31. The highest BCUT2D eigenvalue weighted by Crippen LogP contribution is 2.42. The van der Waals surface area contributed by atoms with Crippen LogP contribution in [-0.2, 0) is 6.42 Å².